The molecule has 2 aromatic carbocycles. The summed E-state index contributed by atoms with van der Waals surface area (Å²) in [6.07, 6.45) is 4.15. The van der Waals surface area contributed by atoms with E-state index in [0.29, 0.717) is 5.82 Å². The number of aromatic nitrogens is 1. The first kappa shape index (κ1) is 22.7. The number of ether oxygens (including phenoxy) is 2. The molecule has 0 aliphatic carbocycles. The van der Waals surface area contributed by atoms with E-state index >= 15 is 0 Å². The zero-order valence-electron chi connectivity index (χ0n) is 19.4. The van der Waals surface area contributed by atoms with Crippen LogP contribution in [0.25, 0.3) is 0 Å². The summed E-state index contributed by atoms with van der Waals surface area (Å²) in [6.45, 7) is 3.53. The summed E-state index contributed by atoms with van der Waals surface area (Å²) in [6, 6.07) is 22.5. The van der Waals surface area contributed by atoms with E-state index < -0.39 is 0 Å². The van der Waals surface area contributed by atoms with Crippen molar-refractivity contribution in [2.45, 2.75) is 25.9 Å². The molecule has 1 aliphatic rings. The normalized spacial score (nSPS) is 14.1. The number of nitrogens with two attached hydrogens (primary N) is 1. The lowest BCUT2D eigenvalue weighted by Crippen LogP contribution is -2.41. The summed E-state index contributed by atoms with van der Waals surface area (Å²) in [4.78, 5) is 9.38. The molecule has 0 fully saturated rings. The van der Waals surface area contributed by atoms with Crippen molar-refractivity contribution in [2.24, 2.45) is 0 Å². The molecule has 4 rings (SSSR count). The molecule has 0 unspecified atom stereocenters. The van der Waals surface area contributed by atoms with Crippen LogP contribution in [0.3, 0.4) is 0 Å². The van der Waals surface area contributed by atoms with Crippen molar-refractivity contribution in [3.63, 3.8) is 0 Å². The first-order valence-electron chi connectivity index (χ1n) is 11.3. The summed E-state index contributed by atoms with van der Waals surface area (Å²) in [5.41, 5.74) is 10.8. The largest absolute Gasteiger partial charge is 0.497 e. The van der Waals surface area contributed by atoms with Gasteiger partial charge >= 0.3 is 0 Å². The number of hydrogen-bond acceptors (Lipinski definition) is 6. The molecule has 172 valence electrons. The Hall–Kier alpha value is -3.51. The Labute approximate surface area is 196 Å². The number of nitrogens with zero attached hydrogens (tertiary/aromatic N) is 3. The molecule has 6 nitrogen and oxygen atoms in total. The molecule has 2 N–H and O–H groups in total. The van der Waals surface area contributed by atoms with E-state index in [4.69, 9.17) is 15.2 Å². The third-order valence-electron chi connectivity index (χ3n) is 5.93. The van der Waals surface area contributed by atoms with Gasteiger partial charge in [0.05, 0.1) is 20.9 Å². The maximum atomic E-state index is 5.87. The Kier molecular flexibility index (Phi) is 7.47. The summed E-state index contributed by atoms with van der Waals surface area (Å²) in [5, 5.41) is 0. The zero-order chi connectivity index (χ0) is 23.0. The average molecular weight is 445 g/mol. The van der Waals surface area contributed by atoms with E-state index in [1.165, 1.54) is 16.8 Å². The highest BCUT2D eigenvalue weighted by molar-refractivity contribution is 5.30. The van der Waals surface area contributed by atoms with Gasteiger partial charge in [-0.3, -0.25) is 4.90 Å². The molecule has 0 radical (unpaired) electrons. The van der Waals surface area contributed by atoms with Crippen molar-refractivity contribution in [3.05, 3.63) is 95.3 Å². The van der Waals surface area contributed by atoms with Crippen molar-refractivity contribution in [1.82, 2.24) is 14.8 Å². The highest BCUT2D eigenvalue weighted by atomic mass is 16.5. The third kappa shape index (κ3) is 6.26. The SMILES string of the molecule is COc1ccc(CN2CC=C(CCc3cccc(N)n3)N(Cc3ccc(OC)cc3)C2)cc1. The summed E-state index contributed by atoms with van der Waals surface area (Å²) < 4.78 is 10.6. The van der Waals surface area contributed by atoms with Gasteiger partial charge in [-0.05, 0) is 60.4 Å². The monoisotopic (exact) mass is 444 g/mol. The standard InChI is InChI=1S/C27H32N4O2/c1-32-25-12-6-21(7-13-25)18-30-17-16-24(11-10-23-4-3-5-27(28)29-23)31(20-30)19-22-8-14-26(33-2)15-9-22/h3-9,12-16H,10-11,17-20H2,1-2H3,(H2,28,29). The van der Waals surface area contributed by atoms with Gasteiger partial charge < -0.3 is 20.1 Å². The number of hydrogen-bond donors (Lipinski definition) is 1. The summed E-state index contributed by atoms with van der Waals surface area (Å²) >= 11 is 0. The second kappa shape index (κ2) is 10.9. The van der Waals surface area contributed by atoms with Crippen LogP contribution in [0.4, 0.5) is 5.82 Å². The molecule has 0 atom stereocenters. The highest BCUT2D eigenvalue weighted by Gasteiger charge is 2.20. The van der Waals surface area contributed by atoms with Gasteiger partial charge in [0.2, 0.25) is 0 Å². The van der Waals surface area contributed by atoms with Crippen molar-refractivity contribution in [3.8, 4) is 11.5 Å². The van der Waals surface area contributed by atoms with Crippen LogP contribution < -0.4 is 15.2 Å². The number of benzene rings is 2. The lowest BCUT2D eigenvalue weighted by Gasteiger charge is -2.37. The number of nitrogen functional groups attached to an aromatic ring is 1. The number of allylic oxidation sites excluding steroid dienone is 1. The lowest BCUT2D eigenvalue weighted by molar-refractivity contribution is 0.138. The quantitative estimate of drug-likeness (QED) is 0.525. The Morgan fingerprint density at radius 3 is 2.06 bits per heavy atom. The Bertz CT molecular complexity index is 1060. The molecular weight excluding hydrogens is 412 g/mol. The molecule has 0 saturated carbocycles. The maximum absolute atomic E-state index is 5.87. The van der Waals surface area contributed by atoms with Gasteiger partial charge in [0.25, 0.3) is 0 Å². The predicted octanol–water partition coefficient (Wildman–Crippen LogP) is 4.47. The molecular formula is C27H32N4O2. The number of pyridine rings is 1. The van der Waals surface area contributed by atoms with Gasteiger partial charge in [-0.25, -0.2) is 4.98 Å². The van der Waals surface area contributed by atoms with Crippen LogP contribution in [0, 0.1) is 0 Å². The third-order valence-corrected chi connectivity index (χ3v) is 5.93. The Morgan fingerprint density at radius 2 is 1.45 bits per heavy atom. The fraction of sp³-hybridized carbons (Fsp3) is 0.296. The van der Waals surface area contributed by atoms with Crippen molar-refractivity contribution < 1.29 is 9.47 Å². The zero-order valence-corrected chi connectivity index (χ0v) is 19.4. The van der Waals surface area contributed by atoms with Crippen molar-refractivity contribution >= 4 is 5.82 Å². The first-order chi connectivity index (χ1) is 16.1. The van der Waals surface area contributed by atoms with E-state index in [1.54, 1.807) is 14.2 Å². The minimum atomic E-state index is 0.575. The predicted molar refractivity (Wildman–Crippen MR) is 132 cm³/mol. The minimum absolute atomic E-state index is 0.575. The van der Waals surface area contributed by atoms with Crippen LogP contribution in [0.1, 0.15) is 23.2 Å². The molecule has 2 heterocycles. The van der Waals surface area contributed by atoms with Gasteiger partial charge in [-0.2, -0.15) is 0 Å². The average Bonchev–Trinajstić information content (AvgIpc) is 2.84. The van der Waals surface area contributed by atoms with Gasteiger partial charge in [-0.15, -0.1) is 0 Å². The van der Waals surface area contributed by atoms with Gasteiger partial charge in [-0.1, -0.05) is 36.4 Å². The minimum Gasteiger partial charge on any atom is -0.497 e. The molecule has 33 heavy (non-hydrogen) atoms. The molecule has 0 spiro atoms. The van der Waals surface area contributed by atoms with Crippen LogP contribution in [0.5, 0.6) is 11.5 Å². The first-order valence-corrected chi connectivity index (χ1v) is 11.3. The summed E-state index contributed by atoms with van der Waals surface area (Å²) in [5.74, 6) is 2.34. The topological polar surface area (TPSA) is 63.9 Å². The van der Waals surface area contributed by atoms with Crippen molar-refractivity contribution in [2.75, 3.05) is 33.2 Å². The van der Waals surface area contributed by atoms with Crippen LogP contribution in [0.2, 0.25) is 0 Å². The fourth-order valence-corrected chi connectivity index (χ4v) is 4.11. The maximum Gasteiger partial charge on any atom is 0.123 e. The van der Waals surface area contributed by atoms with E-state index in [0.717, 1.165) is 56.3 Å². The second-order valence-corrected chi connectivity index (χ2v) is 8.30. The molecule has 3 aromatic rings. The highest BCUT2D eigenvalue weighted by Crippen LogP contribution is 2.23. The molecule has 0 saturated heterocycles. The van der Waals surface area contributed by atoms with E-state index in [9.17, 15) is 0 Å². The smallest absolute Gasteiger partial charge is 0.123 e. The summed E-state index contributed by atoms with van der Waals surface area (Å²) in [7, 11) is 3.39. The lowest BCUT2D eigenvalue weighted by atomic mass is 10.1. The second-order valence-electron chi connectivity index (χ2n) is 8.30. The van der Waals surface area contributed by atoms with Crippen LogP contribution in [-0.4, -0.2) is 42.2 Å². The van der Waals surface area contributed by atoms with Gasteiger partial charge in [0, 0.05) is 31.0 Å². The van der Waals surface area contributed by atoms with Crippen LogP contribution in [0.15, 0.2) is 78.5 Å². The Balaban J connectivity index is 1.47. The molecule has 6 heteroatoms. The number of anilines is 1. The van der Waals surface area contributed by atoms with E-state index in [1.807, 2.05) is 42.5 Å². The van der Waals surface area contributed by atoms with Crippen molar-refractivity contribution in [1.29, 1.82) is 0 Å². The molecule has 0 amide bonds. The van der Waals surface area contributed by atoms with Gasteiger partial charge in [0.1, 0.15) is 17.3 Å². The number of methoxy groups -OCH3 is 2. The molecule has 0 bridgehead atoms. The van der Waals surface area contributed by atoms with Crippen LogP contribution in [-0.2, 0) is 19.5 Å². The van der Waals surface area contributed by atoms with E-state index in [2.05, 4.69) is 45.1 Å². The number of rotatable bonds is 9. The fourth-order valence-electron chi connectivity index (χ4n) is 4.11. The van der Waals surface area contributed by atoms with E-state index in [-0.39, 0.29) is 0 Å². The molecule has 1 aromatic heterocycles. The Morgan fingerprint density at radius 1 is 0.818 bits per heavy atom. The molecule has 1 aliphatic heterocycles. The van der Waals surface area contributed by atoms with Gasteiger partial charge in [0.15, 0.2) is 0 Å². The van der Waals surface area contributed by atoms with Crippen LogP contribution >= 0.6 is 0 Å². The number of aryl methyl sites for hydroxylation is 1.